The molecule has 4 nitrogen and oxygen atoms in total. The normalized spacial score (nSPS) is 13.9. The third-order valence-electron chi connectivity index (χ3n) is 5.48. The number of fused-ring (bicyclic) bond motifs is 1. The standard InChI is InChI=1S/C24H22F3IN4S/c1-14(9-15(2)20-11-17(28)5-7-29-20)16-3-4-19-21(10-16)32-23(31-19)13-33-18-6-8-30-22(12-18)24(25,26)27/h3-8,10-12,14-15H,9,13H2,1-2H3,(H,31,32). The summed E-state index contributed by atoms with van der Waals surface area (Å²) in [7, 11) is 0. The summed E-state index contributed by atoms with van der Waals surface area (Å²) in [4.78, 5) is 16.4. The molecule has 0 saturated heterocycles. The highest BCUT2D eigenvalue weighted by Crippen LogP contribution is 2.32. The maximum Gasteiger partial charge on any atom is 0.433 e. The van der Waals surface area contributed by atoms with E-state index in [4.69, 9.17) is 0 Å². The van der Waals surface area contributed by atoms with Crippen LogP contribution in [0.4, 0.5) is 13.2 Å². The van der Waals surface area contributed by atoms with Gasteiger partial charge in [-0.1, -0.05) is 19.9 Å². The molecule has 3 heterocycles. The van der Waals surface area contributed by atoms with Gasteiger partial charge in [-0.2, -0.15) is 13.2 Å². The van der Waals surface area contributed by atoms with Crippen molar-refractivity contribution < 1.29 is 13.2 Å². The van der Waals surface area contributed by atoms with Crippen LogP contribution >= 0.6 is 34.4 Å². The number of nitrogens with one attached hydrogen (secondary N) is 1. The Morgan fingerprint density at radius 1 is 1.00 bits per heavy atom. The van der Waals surface area contributed by atoms with E-state index in [1.807, 2.05) is 18.3 Å². The number of alkyl halides is 3. The number of halogens is 4. The average molecular weight is 582 g/mol. The van der Waals surface area contributed by atoms with Crippen LogP contribution in [0.2, 0.25) is 0 Å². The number of aromatic nitrogens is 4. The number of hydrogen-bond acceptors (Lipinski definition) is 4. The van der Waals surface area contributed by atoms with Gasteiger partial charge in [-0.05, 0) is 82.8 Å². The summed E-state index contributed by atoms with van der Waals surface area (Å²) in [6.07, 6.45) is -0.446. The maximum atomic E-state index is 12.9. The molecule has 0 amide bonds. The highest BCUT2D eigenvalue weighted by Gasteiger charge is 2.32. The largest absolute Gasteiger partial charge is 0.433 e. The van der Waals surface area contributed by atoms with Crippen molar-refractivity contribution in [2.45, 2.75) is 48.9 Å². The third-order valence-corrected chi connectivity index (χ3v) is 7.15. The first kappa shape index (κ1) is 24.0. The molecular formula is C24H22F3IN4S. The van der Waals surface area contributed by atoms with Crippen molar-refractivity contribution in [1.82, 2.24) is 19.9 Å². The fraction of sp³-hybridized carbons (Fsp3) is 0.292. The summed E-state index contributed by atoms with van der Waals surface area (Å²) in [5.41, 5.74) is 3.19. The van der Waals surface area contributed by atoms with E-state index in [0.29, 0.717) is 22.5 Å². The molecule has 4 aromatic rings. The first-order valence-corrected chi connectivity index (χ1v) is 12.5. The van der Waals surface area contributed by atoms with Crippen molar-refractivity contribution in [2.75, 3.05) is 0 Å². The van der Waals surface area contributed by atoms with Crippen LogP contribution < -0.4 is 0 Å². The van der Waals surface area contributed by atoms with E-state index in [9.17, 15) is 13.2 Å². The zero-order valence-corrected chi connectivity index (χ0v) is 21.0. The third kappa shape index (κ3) is 6.06. The lowest BCUT2D eigenvalue weighted by Gasteiger charge is -2.17. The molecule has 0 bridgehead atoms. The van der Waals surface area contributed by atoms with Crippen LogP contribution in [0.3, 0.4) is 0 Å². The molecule has 1 aromatic carbocycles. The number of thioether (sulfide) groups is 1. The molecule has 0 aliphatic rings. The predicted molar refractivity (Wildman–Crippen MR) is 133 cm³/mol. The van der Waals surface area contributed by atoms with Crippen LogP contribution in [0.1, 0.15) is 54.9 Å². The summed E-state index contributed by atoms with van der Waals surface area (Å²) in [5.74, 6) is 1.83. The van der Waals surface area contributed by atoms with Gasteiger partial charge in [0.25, 0.3) is 0 Å². The lowest BCUT2D eigenvalue weighted by Crippen LogP contribution is -2.07. The van der Waals surface area contributed by atoms with Crippen LogP contribution in [0.15, 0.2) is 59.8 Å². The molecule has 33 heavy (non-hydrogen) atoms. The average Bonchev–Trinajstić information content (AvgIpc) is 3.19. The molecule has 172 valence electrons. The zero-order valence-electron chi connectivity index (χ0n) is 18.0. The number of rotatable bonds is 7. The SMILES string of the molecule is CC(CC(C)c1cc(I)ccn1)c1ccc2[nH]c(CSc3ccnc(C(F)(F)F)c3)nc2c1. The first-order chi connectivity index (χ1) is 15.7. The van der Waals surface area contributed by atoms with Crippen LogP contribution in [-0.2, 0) is 11.9 Å². The van der Waals surface area contributed by atoms with Gasteiger partial charge in [-0.3, -0.25) is 9.97 Å². The molecule has 2 atom stereocenters. The molecule has 0 saturated carbocycles. The second-order valence-corrected chi connectivity index (χ2v) is 10.4. The van der Waals surface area contributed by atoms with Gasteiger partial charge < -0.3 is 4.98 Å². The van der Waals surface area contributed by atoms with E-state index >= 15 is 0 Å². The van der Waals surface area contributed by atoms with Gasteiger partial charge in [-0.25, -0.2) is 4.98 Å². The van der Waals surface area contributed by atoms with Gasteiger partial charge in [0.1, 0.15) is 11.5 Å². The van der Waals surface area contributed by atoms with E-state index < -0.39 is 11.9 Å². The second kappa shape index (κ2) is 10.0. The summed E-state index contributed by atoms with van der Waals surface area (Å²) < 4.78 is 39.8. The number of imidazole rings is 1. The minimum absolute atomic E-state index is 0.330. The topological polar surface area (TPSA) is 54.5 Å². The minimum Gasteiger partial charge on any atom is -0.341 e. The summed E-state index contributed by atoms with van der Waals surface area (Å²) >= 11 is 3.60. The van der Waals surface area contributed by atoms with Crippen LogP contribution in [0.25, 0.3) is 11.0 Å². The lowest BCUT2D eigenvalue weighted by molar-refractivity contribution is -0.141. The molecule has 0 fully saturated rings. The lowest BCUT2D eigenvalue weighted by atomic mass is 9.89. The van der Waals surface area contributed by atoms with E-state index in [1.165, 1.54) is 27.1 Å². The molecule has 2 unspecified atom stereocenters. The Morgan fingerprint density at radius 3 is 2.55 bits per heavy atom. The minimum atomic E-state index is -4.45. The highest BCUT2D eigenvalue weighted by atomic mass is 127. The van der Waals surface area contributed by atoms with Crippen molar-refractivity contribution in [3.8, 4) is 0 Å². The molecule has 9 heteroatoms. The first-order valence-electron chi connectivity index (χ1n) is 10.4. The number of H-pyrrole nitrogens is 1. The quantitative estimate of drug-likeness (QED) is 0.181. The van der Waals surface area contributed by atoms with Crippen molar-refractivity contribution in [1.29, 1.82) is 0 Å². The Bertz CT molecular complexity index is 1260. The molecule has 0 aliphatic carbocycles. The van der Waals surface area contributed by atoms with E-state index in [-0.39, 0.29) is 0 Å². The van der Waals surface area contributed by atoms with Crippen molar-refractivity contribution in [3.63, 3.8) is 0 Å². The Kier molecular flexibility index (Phi) is 7.28. The van der Waals surface area contributed by atoms with Crippen LogP contribution in [-0.4, -0.2) is 19.9 Å². The van der Waals surface area contributed by atoms with E-state index in [2.05, 4.69) is 74.6 Å². The molecule has 4 rings (SSSR count). The van der Waals surface area contributed by atoms with Crippen molar-refractivity contribution in [2.24, 2.45) is 0 Å². The molecular weight excluding hydrogens is 560 g/mol. The molecule has 0 aliphatic heterocycles. The number of benzene rings is 1. The smallest absolute Gasteiger partial charge is 0.341 e. The Hall–Kier alpha value is -2.14. The summed E-state index contributed by atoms with van der Waals surface area (Å²) in [6, 6.07) is 13.0. The summed E-state index contributed by atoms with van der Waals surface area (Å²) in [6.45, 7) is 4.40. The maximum absolute atomic E-state index is 12.9. The predicted octanol–water partition coefficient (Wildman–Crippen LogP) is 7.57. The molecule has 0 radical (unpaired) electrons. The molecule has 3 aromatic heterocycles. The monoisotopic (exact) mass is 582 g/mol. The van der Waals surface area contributed by atoms with Gasteiger partial charge in [0.15, 0.2) is 0 Å². The van der Waals surface area contributed by atoms with Gasteiger partial charge in [-0.15, -0.1) is 11.8 Å². The highest BCUT2D eigenvalue weighted by molar-refractivity contribution is 14.1. The second-order valence-electron chi connectivity index (χ2n) is 8.06. The van der Waals surface area contributed by atoms with Crippen molar-refractivity contribution in [3.05, 3.63) is 81.2 Å². The van der Waals surface area contributed by atoms with Crippen molar-refractivity contribution >= 4 is 45.4 Å². The summed E-state index contributed by atoms with van der Waals surface area (Å²) in [5, 5.41) is 0. The van der Waals surface area contributed by atoms with Gasteiger partial charge in [0, 0.05) is 26.6 Å². The number of pyridine rings is 2. The zero-order chi connectivity index (χ0) is 23.6. The number of hydrogen-bond donors (Lipinski definition) is 1. The fourth-order valence-electron chi connectivity index (χ4n) is 3.74. The van der Waals surface area contributed by atoms with Gasteiger partial charge >= 0.3 is 6.18 Å². The fourth-order valence-corrected chi connectivity index (χ4v) is 5.01. The molecule has 0 spiro atoms. The van der Waals surface area contributed by atoms with Crippen LogP contribution in [0, 0.1) is 3.57 Å². The number of nitrogens with zero attached hydrogens (tertiary/aromatic N) is 3. The van der Waals surface area contributed by atoms with Crippen LogP contribution in [0.5, 0.6) is 0 Å². The van der Waals surface area contributed by atoms with Gasteiger partial charge in [0.05, 0.1) is 16.8 Å². The molecule has 1 N–H and O–H groups in total. The van der Waals surface area contributed by atoms with E-state index in [0.717, 1.165) is 35.0 Å². The van der Waals surface area contributed by atoms with Gasteiger partial charge in [0.2, 0.25) is 0 Å². The number of aromatic amines is 1. The van der Waals surface area contributed by atoms with E-state index in [1.54, 1.807) is 6.07 Å². The Morgan fingerprint density at radius 2 is 1.79 bits per heavy atom. The Labute approximate surface area is 208 Å². The Balaban J connectivity index is 1.44.